The van der Waals surface area contributed by atoms with Crippen molar-refractivity contribution >= 4 is 39.6 Å². The van der Waals surface area contributed by atoms with Crippen LogP contribution in [0.4, 0.5) is 17.3 Å². The van der Waals surface area contributed by atoms with Crippen molar-refractivity contribution in [3.05, 3.63) is 88.2 Å². The number of piperazine rings is 1. The number of aryl methyl sites for hydroxylation is 1. The minimum Gasteiger partial charge on any atom is -0.369 e. The van der Waals surface area contributed by atoms with Gasteiger partial charge in [0.15, 0.2) is 0 Å². The van der Waals surface area contributed by atoms with Gasteiger partial charge in [-0.1, -0.05) is 24.3 Å². The lowest BCUT2D eigenvalue weighted by Gasteiger charge is -2.38. The van der Waals surface area contributed by atoms with Gasteiger partial charge in [-0.25, -0.2) is 9.97 Å². The second-order valence-corrected chi connectivity index (χ2v) is 11.0. The smallest absolute Gasteiger partial charge is 0.282 e. The zero-order valence-corrected chi connectivity index (χ0v) is 23.2. The van der Waals surface area contributed by atoms with Crippen LogP contribution in [0.2, 0.25) is 0 Å². The van der Waals surface area contributed by atoms with Gasteiger partial charge < -0.3 is 10.2 Å². The van der Waals surface area contributed by atoms with E-state index in [-0.39, 0.29) is 5.56 Å². The molecule has 0 unspecified atom stereocenters. The first-order valence-corrected chi connectivity index (χ1v) is 14.1. The molecule has 0 saturated carbocycles. The molecule has 6 rings (SSSR count). The Bertz CT molecular complexity index is 1650. The van der Waals surface area contributed by atoms with Crippen LogP contribution in [0.3, 0.4) is 0 Å². The second-order valence-electron chi connectivity index (χ2n) is 10.1. The van der Waals surface area contributed by atoms with E-state index in [2.05, 4.69) is 46.1 Å². The van der Waals surface area contributed by atoms with Crippen molar-refractivity contribution in [2.75, 3.05) is 36.4 Å². The molecule has 1 N–H and O–H groups in total. The Hall–Kier alpha value is -4.08. The normalized spacial score (nSPS) is 14.3. The van der Waals surface area contributed by atoms with Crippen molar-refractivity contribution < 1.29 is 0 Å². The molecule has 0 atom stereocenters. The van der Waals surface area contributed by atoms with Crippen molar-refractivity contribution in [1.82, 2.24) is 24.6 Å². The lowest BCUT2D eigenvalue weighted by molar-refractivity contribution is 0.209. The summed E-state index contributed by atoms with van der Waals surface area (Å²) in [5, 5.41) is 10.5. The molecule has 1 aliphatic rings. The summed E-state index contributed by atoms with van der Waals surface area (Å²) in [6.45, 7) is 10.7. The summed E-state index contributed by atoms with van der Waals surface area (Å²) >= 11 is 1.56. The van der Waals surface area contributed by atoms with Crippen molar-refractivity contribution in [2.45, 2.75) is 26.8 Å². The highest BCUT2D eigenvalue weighted by atomic mass is 32.1. The molecule has 1 saturated heterocycles. The summed E-state index contributed by atoms with van der Waals surface area (Å²) in [5.74, 6) is 0.424. The van der Waals surface area contributed by atoms with Crippen LogP contribution in [0.5, 0.6) is 0 Å². The van der Waals surface area contributed by atoms with Crippen LogP contribution in [0.15, 0.2) is 77.0 Å². The summed E-state index contributed by atoms with van der Waals surface area (Å²) in [7, 11) is 0. The van der Waals surface area contributed by atoms with Gasteiger partial charge in [0, 0.05) is 49.8 Å². The molecule has 198 valence electrons. The number of fused-ring (bicyclic) bond motifs is 1. The largest absolute Gasteiger partial charge is 0.369 e. The molecule has 0 spiro atoms. The molecule has 0 radical (unpaired) electrons. The Morgan fingerprint density at radius 2 is 1.72 bits per heavy atom. The van der Waals surface area contributed by atoms with Crippen LogP contribution in [-0.2, 0) is 0 Å². The maximum atomic E-state index is 13.5. The average Bonchev–Trinajstić information content (AvgIpc) is 3.49. The van der Waals surface area contributed by atoms with Gasteiger partial charge in [0.1, 0.15) is 11.2 Å². The summed E-state index contributed by atoms with van der Waals surface area (Å²) in [6.07, 6.45) is 1.60. The quantitative estimate of drug-likeness (QED) is 0.307. The topological polar surface area (TPSA) is 79.2 Å². The molecular weight excluding hydrogens is 506 g/mol. The maximum Gasteiger partial charge on any atom is 0.282 e. The van der Waals surface area contributed by atoms with Gasteiger partial charge in [0.05, 0.1) is 16.0 Å². The van der Waals surface area contributed by atoms with E-state index in [1.165, 1.54) is 10.4 Å². The number of nitrogens with one attached hydrogen (secondary N) is 1. The molecule has 0 amide bonds. The Morgan fingerprint density at radius 3 is 2.41 bits per heavy atom. The molecule has 39 heavy (non-hydrogen) atoms. The third-order valence-corrected chi connectivity index (χ3v) is 8.14. The minimum atomic E-state index is -0.243. The van der Waals surface area contributed by atoms with Crippen LogP contribution >= 0.6 is 11.3 Å². The first kappa shape index (κ1) is 25.2. The van der Waals surface area contributed by atoms with Crippen LogP contribution in [0, 0.1) is 6.92 Å². The number of hydrogen-bond donors (Lipinski definition) is 1. The molecule has 3 aromatic heterocycles. The Kier molecular flexibility index (Phi) is 6.85. The predicted octanol–water partition coefficient (Wildman–Crippen LogP) is 5.49. The number of thiophene rings is 1. The van der Waals surface area contributed by atoms with Crippen molar-refractivity contribution in [1.29, 1.82) is 0 Å². The Morgan fingerprint density at radius 1 is 0.949 bits per heavy atom. The number of benzene rings is 2. The molecule has 0 bridgehead atoms. The van der Waals surface area contributed by atoms with E-state index in [0.29, 0.717) is 28.6 Å². The van der Waals surface area contributed by atoms with Crippen LogP contribution in [0.25, 0.3) is 27.2 Å². The first-order valence-electron chi connectivity index (χ1n) is 13.2. The Balaban J connectivity index is 1.31. The highest BCUT2D eigenvalue weighted by Gasteiger charge is 2.20. The molecule has 4 heterocycles. The molecule has 1 fully saturated rings. The van der Waals surface area contributed by atoms with Gasteiger partial charge in [-0.3, -0.25) is 9.69 Å². The van der Waals surface area contributed by atoms with Crippen LogP contribution in [-0.4, -0.2) is 56.9 Å². The molecular formula is C30H31N7OS. The number of aromatic nitrogens is 4. The number of rotatable bonds is 6. The molecule has 8 nitrogen and oxygen atoms in total. The SMILES string of the molecule is Cc1ccccc1-n1nc(-c2cccs2)c2nc(Nc3ccc(N4CCN(C(C)C)CC4)cc3)ncc2c1=O. The summed E-state index contributed by atoms with van der Waals surface area (Å²) in [4.78, 5) is 28.7. The van der Waals surface area contributed by atoms with Crippen molar-refractivity contribution in [3.8, 4) is 16.3 Å². The van der Waals surface area contributed by atoms with Crippen molar-refractivity contribution in [2.24, 2.45) is 0 Å². The maximum absolute atomic E-state index is 13.5. The van der Waals surface area contributed by atoms with Gasteiger partial charge in [-0.2, -0.15) is 9.78 Å². The summed E-state index contributed by atoms with van der Waals surface area (Å²) in [5.41, 5.74) is 4.76. The van der Waals surface area contributed by atoms with Crippen LogP contribution < -0.4 is 15.8 Å². The molecule has 5 aromatic rings. The Labute approximate surface area is 231 Å². The summed E-state index contributed by atoms with van der Waals surface area (Å²) in [6, 6.07) is 20.6. The monoisotopic (exact) mass is 537 g/mol. The fourth-order valence-electron chi connectivity index (χ4n) is 5.01. The second kappa shape index (κ2) is 10.6. The molecule has 0 aliphatic carbocycles. The lowest BCUT2D eigenvalue weighted by atomic mass is 10.2. The number of para-hydroxylation sites is 1. The highest BCUT2D eigenvalue weighted by molar-refractivity contribution is 7.13. The van der Waals surface area contributed by atoms with Crippen LogP contribution in [0.1, 0.15) is 19.4 Å². The third-order valence-electron chi connectivity index (χ3n) is 7.27. The van der Waals surface area contributed by atoms with Gasteiger partial charge in [-0.05, 0) is 68.1 Å². The summed E-state index contributed by atoms with van der Waals surface area (Å²) < 4.78 is 1.46. The van der Waals surface area contributed by atoms with E-state index < -0.39 is 0 Å². The standard InChI is InChI=1S/C30H31N7OS/c1-20(2)35-14-16-36(17-15-35)23-12-10-22(11-13-23)32-30-31-19-24-27(33-30)28(26-9-6-18-39-26)34-37(29(24)38)25-8-5-4-7-21(25)3/h4-13,18-20H,14-17H2,1-3H3,(H,31,32,33). The minimum absolute atomic E-state index is 0.243. The number of anilines is 3. The molecule has 1 aliphatic heterocycles. The van der Waals surface area contributed by atoms with E-state index in [0.717, 1.165) is 48.0 Å². The van der Waals surface area contributed by atoms with E-state index in [1.807, 2.05) is 60.8 Å². The predicted molar refractivity (Wildman–Crippen MR) is 160 cm³/mol. The van der Waals surface area contributed by atoms with E-state index in [1.54, 1.807) is 17.5 Å². The first-order chi connectivity index (χ1) is 19.0. The third kappa shape index (κ3) is 5.03. The number of nitrogens with zero attached hydrogens (tertiary/aromatic N) is 6. The van der Waals surface area contributed by atoms with E-state index >= 15 is 0 Å². The van der Waals surface area contributed by atoms with E-state index in [9.17, 15) is 4.79 Å². The zero-order valence-electron chi connectivity index (χ0n) is 22.3. The van der Waals surface area contributed by atoms with Crippen molar-refractivity contribution in [3.63, 3.8) is 0 Å². The fourth-order valence-corrected chi connectivity index (χ4v) is 5.72. The lowest BCUT2D eigenvalue weighted by Crippen LogP contribution is -2.48. The van der Waals surface area contributed by atoms with Gasteiger partial charge in [-0.15, -0.1) is 11.3 Å². The van der Waals surface area contributed by atoms with Gasteiger partial charge >= 0.3 is 0 Å². The van der Waals surface area contributed by atoms with E-state index in [4.69, 9.17) is 10.1 Å². The molecule has 2 aromatic carbocycles. The average molecular weight is 538 g/mol. The van der Waals surface area contributed by atoms with Gasteiger partial charge in [0.25, 0.3) is 5.56 Å². The fraction of sp³-hybridized carbons (Fsp3) is 0.267. The van der Waals surface area contributed by atoms with Gasteiger partial charge in [0.2, 0.25) is 5.95 Å². The zero-order chi connectivity index (χ0) is 26.9. The highest BCUT2D eigenvalue weighted by Crippen LogP contribution is 2.29. The number of hydrogen-bond acceptors (Lipinski definition) is 8. The molecule has 9 heteroatoms.